The number of nitrogens with one attached hydrogen (secondary N) is 1. The van der Waals surface area contributed by atoms with Gasteiger partial charge in [-0.15, -0.1) is 0 Å². The van der Waals surface area contributed by atoms with Crippen LogP contribution in [0.15, 0.2) is 23.0 Å². The van der Waals surface area contributed by atoms with Crippen LogP contribution in [-0.2, 0) is 6.54 Å². The second-order valence-electron chi connectivity index (χ2n) is 4.76. The number of halogens is 1. The van der Waals surface area contributed by atoms with Crippen molar-refractivity contribution in [2.45, 2.75) is 33.2 Å². The van der Waals surface area contributed by atoms with E-state index in [1.807, 2.05) is 13.8 Å². The van der Waals surface area contributed by atoms with Gasteiger partial charge in [0.15, 0.2) is 5.69 Å². The molecule has 5 nitrogen and oxygen atoms in total. The number of rotatable bonds is 5. The van der Waals surface area contributed by atoms with Gasteiger partial charge in [0.25, 0.3) is 5.91 Å². The Labute approximate surface area is 127 Å². The summed E-state index contributed by atoms with van der Waals surface area (Å²) in [5, 5.41) is 7.78. The molecule has 0 aliphatic rings. The van der Waals surface area contributed by atoms with Crippen LogP contribution in [0, 0.1) is 0 Å². The molecule has 1 heterocycles. The number of benzene rings is 1. The second kappa shape index (κ2) is 6.72. The van der Waals surface area contributed by atoms with Gasteiger partial charge in [-0.1, -0.05) is 24.9 Å². The minimum Gasteiger partial charge on any atom is -0.351 e. The number of aromatic nitrogens is 2. The highest BCUT2D eigenvalue weighted by Gasteiger charge is 2.16. The molecule has 0 bridgehead atoms. The highest BCUT2D eigenvalue weighted by Crippen LogP contribution is 2.16. The molecule has 0 atom stereocenters. The van der Waals surface area contributed by atoms with Gasteiger partial charge in [0.1, 0.15) is 0 Å². The predicted octanol–water partition coefficient (Wildman–Crippen LogP) is 2.60. The van der Waals surface area contributed by atoms with Crippen LogP contribution in [0.25, 0.3) is 10.9 Å². The Morgan fingerprint density at radius 3 is 2.81 bits per heavy atom. The summed E-state index contributed by atoms with van der Waals surface area (Å²) in [7, 11) is 0. The van der Waals surface area contributed by atoms with Gasteiger partial charge in [-0.25, -0.2) is 0 Å². The van der Waals surface area contributed by atoms with E-state index in [0.29, 0.717) is 29.0 Å². The molecule has 1 aromatic heterocycles. The molecule has 1 amide bonds. The van der Waals surface area contributed by atoms with Crippen LogP contribution < -0.4 is 10.7 Å². The highest BCUT2D eigenvalue weighted by atomic mass is 35.5. The summed E-state index contributed by atoms with van der Waals surface area (Å²) in [6, 6.07) is 5.03. The van der Waals surface area contributed by atoms with Crippen LogP contribution in [0.1, 0.15) is 37.2 Å². The van der Waals surface area contributed by atoms with Crippen molar-refractivity contribution in [1.82, 2.24) is 15.1 Å². The van der Waals surface area contributed by atoms with Gasteiger partial charge in [0.2, 0.25) is 5.43 Å². The first-order valence-corrected chi connectivity index (χ1v) is 7.44. The third-order valence-electron chi connectivity index (χ3n) is 3.25. The van der Waals surface area contributed by atoms with E-state index in [9.17, 15) is 9.59 Å². The van der Waals surface area contributed by atoms with Gasteiger partial charge in [0, 0.05) is 18.1 Å². The van der Waals surface area contributed by atoms with E-state index < -0.39 is 5.91 Å². The molecule has 1 N–H and O–H groups in total. The second-order valence-corrected chi connectivity index (χ2v) is 5.20. The van der Waals surface area contributed by atoms with Crippen LogP contribution >= 0.6 is 11.6 Å². The summed E-state index contributed by atoms with van der Waals surface area (Å²) in [6.07, 6.45) is 1.84. The average molecular weight is 308 g/mol. The van der Waals surface area contributed by atoms with Gasteiger partial charge >= 0.3 is 0 Å². The van der Waals surface area contributed by atoms with E-state index in [-0.39, 0.29) is 11.1 Å². The van der Waals surface area contributed by atoms with E-state index in [0.717, 1.165) is 12.8 Å². The fourth-order valence-electron chi connectivity index (χ4n) is 2.11. The van der Waals surface area contributed by atoms with E-state index in [2.05, 4.69) is 10.4 Å². The van der Waals surface area contributed by atoms with Crippen LogP contribution in [0.2, 0.25) is 5.02 Å². The summed E-state index contributed by atoms with van der Waals surface area (Å²) in [5.41, 5.74) is 0.214. The number of hydrogen-bond acceptors (Lipinski definition) is 3. The predicted molar refractivity (Wildman–Crippen MR) is 83.9 cm³/mol. The van der Waals surface area contributed by atoms with Crippen molar-refractivity contribution >= 4 is 28.4 Å². The van der Waals surface area contributed by atoms with E-state index in [1.54, 1.807) is 22.9 Å². The molecular formula is C15H18ClN3O2. The van der Waals surface area contributed by atoms with Crippen molar-refractivity contribution in [3.05, 3.63) is 39.1 Å². The van der Waals surface area contributed by atoms with Crippen molar-refractivity contribution in [3.63, 3.8) is 0 Å². The molecule has 0 radical (unpaired) electrons. The molecule has 0 unspecified atom stereocenters. The molecule has 0 aliphatic heterocycles. The lowest BCUT2D eigenvalue weighted by Gasteiger charge is -2.10. The first kappa shape index (κ1) is 15.5. The molecule has 0 saturated heterocycles. The molecule has 0 saturated carbocycles. The third-order valence-corrected chi connectivity index (χ3v) is 3.48. The topological polar surface area (TPSA) is 64.0 Å². The monoisotopic (exact) mass is 307 g/mol. The number of aryl methyl sites for hydroxylation is 1. The Morgan fingerprint density at radius 2 is 2.14 bits per heavy atom. The summed E-state index contributed by atoms with van der Waals surface area (Å²) in [4.78, 5) is 24.5. The quantitative estimate of drug-likeness (QED) is 0.864. The van der Waals surface area contributed by atoms with E-state index >= 15 is 0 Å². The van der Waals surface area contributed by atoms with Gasteiger partial charge in [0.05, 0.1) is 10.9 Å². The molecule has 1 aromatic carbocycles. The van der Waals surface area contributed by atoms with Crippen molar-refractivity contribution < 1.29 is 4.79 Å². The minimum atomic E-state index is -0.433. The Bertz CT molecular complexity index is 725. The zero-order valence-corrected chi connectivity index (χ0v) is 12.9. The molecule has 6 heteroatoms. The molecule has 21 heavy (non-hydrogen) atoms. The molecule has 112 valence electrons. The molecule has 0 fully saturated rings. The number of amides is 1. The summed E-state index contributed by atoms with van der Waals surface area (Å²) in [5.74, 6) is -0.433. The SMILES string of the molecule is CCCCNC(=O)c1nn(CC)c2ccc(Cl)cc2c1=O. The van der Waals surface area contributed by atoms with Crippen LogP contribution in [-0.4, -0.2) is 22.2 Å². The lowest BCUT2D eigenvalue weighted by Crippen LogP contribution is -2.32. The van der Waals surface area contributed by atoms with Gasteiger partial charge < -0.3 is 5.32 Å². The van der Waals surface area contributed by atoms with E-state index in [1.165, 1.54) is 0 Å². The standard InChI is InChI=1S/C15H18ClN3O2/c1-3-5-8-17-15(21)13-14(20)11-9-10(16)6-7-12(11)19(4-2)18-13/h6-7,9H,3-5,8H2,1-2H3,(H,17,21). The maximum atomic E-state index is 12.4. The van der Waals surface area contributed by atoms with Crippen molar-refractivity contribution in [1.29, 1.82) is 0 Å². The largest absolute Gasteiger partial charge is 0.351 e. The third kappa shape index (κ3) is 3.24. The molecular weight excluding hydrogens is 290 g/mol. The van der Waals surface area contributed by atoms with Gasteiger partial charge in [-0.3, -0.25) is 14.3 Å². The van der Waals surface area contributed by atoms with E-state index in [4.69, 9.17) is 11.6 Å². The number of carbonyl (C=O) groups excluding carboxylic acids is 1. The average Bonchev–Trinajstić information content (AvgIpc) is 2.48. The van der Waals surface area contributed by atoms with Crippen molar-refractivity contribution in [2.75, 3.05) is 6.54 Å². The van der Waals surface area contributed by atoms with Crippen LogP contribution in [0.5, 0.6) is 0 Å². The Kier molecular flexibility index (Phi) is 4.96. The van der Waals surface area contributed by atoms with Crippen LogP contribution in [0.4, 0.5) is 0 Å². The molecule has 2 rings (SSSR count). The lowest BCUT2D eigenvalue weighted by atomic mass is 10.2. The fourth-order valence-corrected chi connectivity index (χ4v) is 2.29. The lowest BCUT2D eigenvalue weighted by molar-refractivity contribution is 0.0945. The smallest absolute Gasteiger partial charge is 0.275 e. The molecule has 0 aliphatic carbocycles. The zero-order valence-electron chi connectivity index (χ0n) is 12.1. The first-order chi connectivity index (χ1) is 10.1. The Balaban J connectivity index is 2.52. The maximum Gasteiger partial charge on any atom is 0.275 e. The fraction of sp³-hybridized carbons (Fsp3) is 0.400. The number of unbranched alkanes of at least 4 members (excludes halogenated alkanes) is 1. The highest BCUT2D eigenvalue weighted by molar-refractivity contribution is 6.31. The number of nitrogens with zero attached hydrogens (tertiary/aromatic N) is 2. The number of hydrogen-bond donors (Lipinski definition) is 1. The molecule has 2 aromatic rings. The summed E-state index contributed by atoms with van der Waals surface area (Å²) >= 11 is 5.95. The molecule has 0 spiro atoms. The Hall–Kier alpha value is -1.88. The van der Waals surface area contributed by atoms with Gasteiger partial charge in [-0.05, 0) is 31.5 Å². The van der Waals surface area contributed by atoms with Crippen molar-refractivity contribution in [2.24, 2.45) is 0 Å². The number of carbonyl (C=O) groups is 1. The van der Waals surface area contributed by atoms with Gasteiger partial charge in [-0.2, -0.15) is 5.10 Å². The summed E-state index contributed by atoms with van der Waals surface area (Å²) in [6.45, 7) is 5.04. The van der Waals surface area contributed by atoms with Crippen LogP contribution in [0.3, 0.4) is 0 Å². The minimum absolute atomic E-state index is 0.0808. The summed E-state index contributed by atoms with van der Waals surface area (Å²) < 4.78 is 1.64. The normalized spacial score (nSPS) is 10.8. The maximum absolute atomic E-state index is 12.4. The first-order valence-electron chi connectivity index (χ1n) is 7.07. The Morgan fingerprint density at radius 1 is 1.38 bits per heavy atom. The van der Waals surface area contributed by atoms with Crippen molar-refractivity contribution in [3.8, 4) is 0 Å². The number of fused-ring (bicyclic) bond motifs is 1. The zero-order chi connectivity index (χ0) is 15.4.